The Morgan fingerprint density at radius 3 is 2.83 bits per heavy atom. The van der Waals surface area contributed by atoms with E-state index in [2.05, 4.69) is 10.6 Å². The first kappa shape index (κ1) is 20.0. The van der Waals surface area contributed by atoms with E-state index in [0.717, 1.165) is 30.4 Å². The molecule has 1 saturated carbocycles. The molecule has 0 spiro atoms. The molecule has 1 aliphatic carbocycles. The number of piperidine rings is 1. The van der Waals surface area contributed by atoms with E-state index in [4.69, 9.17) is 10.5 Å². The first-order chi connectivity index (χ1) is 14.0. The Balaban J connectivity index is 1.45. The Hall–Kier alpha value is -2.29. The third-order valence-corrected chi connectivity index (χ3v) is 6.37. The molecule has 0 bridgehead atoms. The molecule has 4 atom stereocenters. The van der Waals surface area contributed by atoms with Gasteiger partial charge in [-0.3, -0.25) is 19.7 Å². The molecule has 1 aromatic rings. The summed E-state index contributed by atoms with van der Waals surface area (Å²) >= 11 is 0. The number of carbonyl (C=O) groups is 3. The van der Waals surface area contributed by atoms with Crippen LogP contribution < -0.4 is 16.4 Å². The average Bonchev–Trinajstić information content (AvgIpc) is 3.04. The van der Waals surface area contributed by atoms with E-state index in [9.17, 15) is 14.4 Å². The van der Waals surface area contributed by atoms with Gasteiger partial charge in [0.25, 0.3) is 5.91 Å². The monoisotopic (exact) mass is 400 g/mol. The van der Waals surface area contributed by atoms with Crippen molar-refractivity contribution in [1.29, 1.82) is 0 Å². The number of rotatable bonds is 5. The van der Waals surface area contributed by atoms with Crippen molar-refractivity contribution in [2.75, 3.05) is 7.11 Å². The summed E-state index contributed by atoms with van der Waals surface area (Å²) in [6.45, 7) is 0.979. The smallest absolute Gasteiger partial charge is 0.255 e. The maximum Gasteiger partial charge on any atom is 0.255 e. The van der Waals surface area contributed by atoms with Crippen molar-refractivity contribution < 1.29 is 19.1 Å². The predicted molar refractivity (Wildman–Crippen MR) is 106 cm³/mol. The van der Waals surface area contributed by atoms with Crippen LogP contribution in [0.4, 0.5) is 0 Å². The number of ether oxygens (including phenoxy) is 1. The standard InChI is InChI=1S/C21H28N4O4/c1-29-17-9-14(5-6-15(17)22)23-10-12-3-2-4-13-11-25(21(28)19(12)13)16-7-8-18(26)24-20(16)27/h2-4,14-17,23H,5-11,22H2,1H3,(H,24,26,27). The van der Waals surface area contributed by atoms with Gasteiger partial charge in [0.15, 0.2) is 0 Å². The lowest BCUT2D eigenvalue weighted by molar-refractivity contribution is -0.136. The predicted octanol–water partition coefficient (Wildman–Crippen LogP) is 0.432. The molecule has 4 rings (SSSR count). The number of methoxy groups -OCH3 is 1. The van der Waals surface area contributed by atoms with Crippen LogP contribution in [0.25, 0.3) is 0 Å². The number of amides is 3. The zero-order valence-corrected chi connectivity index (χ0v) is 16.6. The molecule has 2 fully saturated rings. The molecule has 156 valence electrons. The van der Waals surface area contributed by atoms with Crippen LogP contribution in [-0.2, 0) is 27.4 Å². The van der Waals surface area contributed by atoms with Gasteiger partial charge in [0.05, 0.1) is 6.10 Å². The summed E-state index contributed by atoms with van der Waals surface area (Å²) in [6.07, 6.45) is 3.42. The maximum atomic E-state index is 13.1. The second kappa shape index (κ2) is 8.22. The summed E-state index contributed by atoms with van der Waals surface area (Å²) in [7, 11) is 1.69. The average molecular weight is 400 g/mol. The van der Waals surface area contributed by atoms with E-state index < -0.39 is 6.04 Å². The number of nitrogens with zero attached hydrogens (tertiary/aromatic N) is 1. The molecule has 3 amide bonds. The molecule has 2 aliphatic heterocycles. The van der Waals surface area contributed by atoms with E-state index in [1.165, 1.54) is 0 Å². The Bertz CT molecular complexity index is 827. The van der Waals surface area contributed by atoms with Crippen molar-refractivity contribution >= 4 is 17.7 Å². The first-order valence-corrected chi connectivity index (χ1v) is 10.2. The highest BCUT2D eigenvalue weighted by molar-refractivity contribution is 6.05. The van der Waals surface area contributed by atoms with Crippen molar-refractivity contribution in [3.63, 3.8) is 0 Å². The van der Waals surface area contributed by atoms with Gasteiger partial charge in [-0.1, -0.05) is 18.2 Å². The quantitative estimate of drug-likeness (QED) is 0.618. The fraction of sp³-hybridized carbons (Fsp3) is 0.571. The summed E-state index contributed by atoms with van der Waals surface area (Å²) in [5, 5.41) is 5.90. The topological polar surface area (TPSA) is 114 Å². The molecule has 1 saturated heterocycles. The van der Waals surface area contributed by atoms with Gasteiger partial charge in [0, 0.05) is 44.3 Å². The van der Waals surface area contributed by atoms with Crippen molar-refractivity contribution in [2.24, 2.45) is 5.73 Å². The normalized spacial score (nSPS) is 29.7. The summed E-state index contributed by atoms with van der Waals surface area (Å²) in [5.74, 6) is -0.791. The number of carbonyl (C=O) groups excluding carboxylic acids is 3. The minimum absolute atomic E-state index is 0.0485. The van der Waals surface area contributed by atoms with Crippen molar-refractivity contribution in [2.45, 2.75) is 69.4 Å². The SMILES string of the molecule is COC1CC(NCc2cccc3c2C(=O)N(C2CCC(=O)NC2=O)C3)CCC1N. The van der Waals surface area contributed by atoms with Crippen LogP contribution in [0.3, 0.4) is 0 Å². The molecular formula is C21H28N4O4. The molecule has 8 nitrogen and oxygen atoms in total. The number of benzene rings is 1. The van der Waals surface area contributed by atoms with Crippen LogP contribution in [0, 0.1) is 0 Å². The second-order valence-corrected chi connectivity index (χ2v) is 8.18. The number of hydrogen-bond acceptors (Lipinski definition) is 6. The Labute approximate surface area is 170 Å². The molecular weight excluding hydrogens is 372 g/mol. The largest absolute Gasteiger partial charge is 0.380 e. The first-order valence-electron chi connectivity index (χ1n) is 10.2. The zero-order chi connectivity index (χ0) is 20.5. The van der Waals surface area contributed by atoms with E-state index in [0.29, 0.717) is 31.1 Å². The molecule has 3 aliphatic rings. The molecule has 0 aromatic heterocycles. The highest BCUT2D eigenvalue weighted by Crippen LogP contribution is 2.30. The van der Waals surface area contributed by atoms with Crippen LogP contribution in [0.2, 0.25) is 0 Å². The second-order valence-electron chi connectivity index (χ2n) is 8.18. The van der Waals surface area contributed by atoms with E-state index in [1.54, 1.807) is 12.0 Å². The van der Waals surface area contributed by atoms with Gasteiger partial charge in [-0.05, 0) is 36.8 Å². The van der Waals surface area contributed by atoms with Gasteiger partial charge in [0.1, 0.15) is 6.04 Å². The number of nitrogens with one attached hydrogen (secondary N) is 2. The lowest BCUT2D eigenvalue weighted by atomic mass is 9.89. The molecule has 2 heterocycles. The zero-order valence-electron chi connectivity index (χ0n) is 16.6. The third-order valence-electron chi connectivity index (χ3n) is 6.37. The summed E-state index contributed by atoms with van der Waals surface area (Å²) in [4.78, 5) is 38.4. The Morgan fingerprint density at radius 2 is 2.07 bits per heavy atom. The number of hydrogen-bond donors (Lipinski definition) is 3. The number of nitrogens with two attached hydrogens (primary N) is 1. The molecule has 4 N–H and O–H groups in total. The van der Waals surface area contributed by atoms with Gasteiger partial charge >= 0.3 is 0 Å². The van der Waals surface area contributed by atoms with E-state index in [-0.39, 0.29) is 36.3 Å². The lowest BCUT2D eigenvalue weighted by Gasteiger charge is -2.33. The third kappa shape index (κ3) is 3.92. The van der Waals surface area contributed by atoms with Gasteiger partial charge in [-0.15, -0.1) is 0 Å². The highest BCUT2D eigenvalue weighted by atomic mass is 16.5. The van der Waals surface area contributed by atoms with Crippen molar-refractivity contribution in [1.82, 2.24) is 15.5 Å². The van der Waals surface area contributed by atoms with Gasteiger partial charge in [-0.2, -0.15) is 0 Å². The minimum Gasteiger partial charge on any atom is -0.380 e. The van der Waals surface area contributed by atoms with Crippen LogP contribution in [0.1, 0.15) is 53.6 Å². The highest BCUT2D eigenvalue weighted by Gasteiger charge is 2.40. The molecule has 29 heavy (non-hydrogen) atoms. The van der Waals surface area contributed by atoms with Gasteiger partial charge < -0.3 is 20.7 Å². The summed E-state index contributed by atoms with van der Waals surface area (Å²) in [5.41, 5.74) is 8.65. The fourth-order valence-corrected chi connectivity index (χ4v) is 4.70. The van der Waals surface area contributed by atoms with Gasteiger partial charge in [0.2, 0.25) is 11.8 Å². The minimum atomic E-state index is -0.587. The van der Waals surface area contributed by atoms with Crippen molar-refractivity contribution in [3.05, 3.63) is 34.9 Å². The molecule has 8 heteroatoms. The Morgan fingerprint density at radius 1 is 1.24 bits per heavy atom. The Kier molecular flexibility index (Phi) is 5.67. The number of imide groups is 1. The van der Waals surface area contributed by atoms with Crippen LogP contribution >= 0.6 is 0 Å². The van der Waals surface area contributed by atoms with E-state index >= 15 is 0 Å². The van der Waals surface area contributed by atoms with Crippen LogP contribution in [0.15, 0.2) is 18.2 Å². The molecule has 0 radical (unpaired) electrons. The van der Waals surface area contributed by atoms with Gasteiger partial charge in [-0.25, -0.2) is 0 Å². The van der Waals surface area contributed by atoms with E-state index in [1.807, 2.05) is 18.2 Å². The lowest BCUT2D eigenvalue weighted by Crippen LogP contribution is -2.52. The van der Waals surface area contributed by atoms with Crippen LogP contribution in [0.5, 0.6) is 0 Å². The summed E-state index contributed by atoms with van der Waals surface area (Å²) < 4.78 is 5.49. The summed E-state index contributed by atoms with van der Waals surface area (Å²) in [6, 6.07) is 5.62. The molecule has 4 unspecified atom stereocenters. The maximum absolute atomic E-state index is 13.1. The van der Waals surface area contributed by atoms with Crippen molar-refractivity contribution in [3.8, 4) is 0 Å². The fourth-order valence-electron chi connectivity index (χ4n) is 4.70. The van der Waals surface area contributed by atoms with Crippen LogP contribution in [-0.4, -0.2) is 54.0 Å². The molecule has 1 aromatic carbocycles. The number of fused-ring (bicyclic) bond motifs is 1.